The molecule has 0 aromatic heterocycles. The summed E-state index contributed by atoms with van der Waals surface area (Å²) in [4.78, 5) is 11.3. The maximum absolute atomic E-state index is 11.3. The van der Waals surface area contributed by atoms with Crippen LogP contribution < -0.4 is 11.1 Å². The standard InChI is InChI=1S/C9H16N2O/c10-9(4-1-5-9)6-8(12)11-7-2-3-7/h7H,1-6,10H2,(H,11,12). The fourth-order valence-electron chi connectivity index (χ4n) is 1.63. The van der Waals surface area contributed by atoms with Gasteiger partial charge in [0.15, 0.2) is 0 Å². The summed E-state index contributed by atoms with van der Waals surface area (Å²) >= 11 is 0. The lowest BCUT2D eigenvalue weighted by Gasteiger charge is -2.37. The largest absolute Gasteiger partial charge is 0.353 e. The third-order valence-electron chi connectivity index (χ3n) is 2.80. The topological polar surface area (TPSA) is 55.1 Å². The van der Waals surface area contributed by atoms with E-state index in [0.29, 0.717) is 12.5 Å². The maximum Gasteiger partial charge on any atom is 0.222 e. The molecule has 2 rings (SSSR count). The number of carbonyl (C=O) groups excluding carboxylic acids is 1. The van der Waals surface area contributed by atoms with Crippen LogP contribution in [-0.4, -0.2) is 17.5 Å². The van der Waals surface area contributed by atoms with Gasteiger partial charge in [-0.2, -0.15) is 0 Å². The number of nitrogens with two attached hydrogens (primary N) is 1. The van der Waals surface area contributed by atoms with Crippen LogP contribution in [0.1, 0.15) is 38.5 Å². The van der Waals surface area contributed by atoms with Gasteiger partial charge in [-0.25, -0.2) is 0 Å². The Morgan fingerprint density at radius 1 is 1.50 bits per heavy atom. The van der Waals surface area contributed by atoms with Crippen LogP contribution in [0.25, 0.3) is 0 Å². The van der Waals surface area contributed by atoms with E-state index in [0.717, 1.165) is 25.7 Å². The molecule has 2 fully saturated rings. The number of hydrogen-bond acceptors (Lipinski definition) is 2. The monoisotopic (exact) mass is 168 g/mol. The normalized spacial score (nSPS) is 26.1. The molecular formula is C9H16N2O. The van der Waals surface area contributed by atoms with Crippen LogP contribution in [-0.2, 0) is 4.79 Å². The van der Waals surface area contributed by atoms with E-state index >= 15 is 0 Å². The van der Waals surface area contributed by atoms with Crippen molar-refractivity contribution in [2.75, 3.05) is 0 Å². The number of hydrogen-bond donors (Lipinski definition) is 2. The highest BCUT2D eigenvalue weighted by Crippen LogP contribution is 2.32. The molecule has 0 atom stereocenters. The van der Waals surface area contributed by atoms with Crippen LogP contribution in [0.3, 0.4) is 0 Å². The van der Waals surface area contributed by atoms with Crippen molar-refractivity contribution < 1.29 is 4.79 Å². The Kier molecular flexibility index (Phi) is 1.83. The highest BCUT2D eigenvalue weighted by molar-refractivity contribution is 5.78. The van der Waals surface area contributed by atoms with Crippen LogP contribution in [0.15, 0.2) is 0 Å². The molecule has 0 unspecified atom stereocenters. The highest BCUT2D eigenvalue weighted by atomic mass is 16.1. The molecule has 0 radical (unpaired) electrons. The molecule has 0 aromatic carbocycles. The van der Waals surface area contributed by atoms with E-state index in [4.69, 9.17) is 5.73 Å². The minimum Gasteiger partial charge on any atom is -0.353 e. The fraction of sp³-hybridized carbons (Fsp3) is 0.889. The number of rotatable bonds is 3. The zero-order chi connectivity index (χ0) is 8.60. The Hall–Kier alpha value is -0.570. The van der Waals surface area contributed by atoms with E-state index in [2.05, 4.69) is 5.32 Å². The first-order valence-electron chi connectivity index (χ1n) is 4.76. The third kappa shape index (κ3) is 1.78. The molecule has 0 aromatic rings. The predicted molar refractivity (Wildman–Crippen MR) is 46.6 cm³/mol. The highest BCUT2D eigenvalue weighted by Gasteiger charge is 2.35. The average Bonchev–Trinajstić information content (AvgIpc) is 2.68. The molecule has 68 valence electrons. The molecule has 1 amide bonds. The van der Waals surface area contributed by atoms with Crippen molar-refractivity contribution in [3.63, 3.8) is 0 Å². The molecule has 3 nitrogen and oxygen atoms in total. The molecule has 3 heteroatoms. The first-order chi connectivity index (χ1) is 5.68. The molecule has 2 aliphatic carbocycles. The SMILES string of the molecule is NC1(CC(=O)NC2CC2)CCC1. The first kappa shape index (κ1) is 8.05. The van der Waals surface area contributed by atoms with Gasteiger partial charge in [-0.3, -0.25) is 4.79 Å². The summed E-state index contributed by atoms with van der Waals surface area (Å²) in [5.74, 6) is 0.153. The fourth-order valence-corrected chi connectivity index (χ4v) is 1.63. The molecule has 2 aliphatic rings. The van der Waals surface area contributed by atoms with Crippen LogP contribution in [0.4, 0.5) is 0 Å². The van der Waals surface area contributed by atoms with Crippen molar-refractivity contribution in [3.8, 4) is 0 Å². The summed E-state index contributed by atoms with van der Waals surface area (Å²) in [7, 11) is 0. The molecule has 0 heterocycles. The Bertz CT molecular complexity index is 195. The molecule has 12 heavy (non-hydrogen) atoms. The zero-order valence-electron chi connectivity index (χ0n) is 7.31. The Balaban J connectivity index is 1.73. The second kappa shape index (κ2) is 2.73. The number of carbonyl (C=O) groups is 1. The summed E-state index contributed by atoms with van der Waals surface area (Å²) in [5, 5.41) is 2.96. The maximum atomic E-state index is 11.3. The van der Waals surface area contributed by atoms with E-state index < -0.39 is 0 Å². The van der Waals surface area contributed by atoms with Crippen molar-refractivity contribution in [2.24, 2.45) is 5.73 Å². The summed E-state index contributed by atoms with van der Waals surface area (Å²) in [6.07, 6.45) is 6.07. The zero-order valence-corrected chi connectivity index (χ0v) is 7.31. The molecule has 2 saturated carbocycles. The summed E-state index contributed by atoms with van der Waals surface area (Å²) in [5.41, 5.74) is 5.79. The first-order valence-corrected chi connectivity index (χ1v) is 4.76. The van der Waals surface area contributed by atoms with Gasteiger partial charge in [0.05, 0.1) is 0 Å². The summed E-state index contributed by atoms with van der Waals surface area (Å²) in [6.45, 7) is 0. The van der Waals surface area contributed by atoms with Gasteiger partial charge in [-0.05, 0) is 32.1 Å². The average molecular weight is 168 g/mol. The van der Waals surface area contributed by atoms with E-state index in [-0.39, 0.29) is 11.4 Å². The van der Waals surface area contributed by atoms with Gasteiger partial charge in [0, 0.05) is 18.0 Å². The molecule has 0 saturated heterocycles. The van der Waals surface area contributed by atoms with Gasteiger partial charge in [-0.1, -0.05) is 0 Å². The van der Waals surface area contributed by atoms with Crippen LogP contribution in [0.5, 0.6) is 0 Å². The van der Waals surface area contributed by atoms with Crippen LogP contribution >= 0.6 is 0 Å². The van der Waals surface area contributed by atoms with E-state index in [1.54, 1.807) is 0 Å². The molecule has 0 bridgehead atoms. The summed E-state index contributed by atoms with van der Waals surface area (Å²) < 4.78 is 0. The van der Waals surface area contributed by atoms with Crippen LogP contribution in [0.2, 0.25) is 0 Å². The smallest absolute Gasteiger partial charge is 0.222 e. The molecule has 3 N–H and O–H groups in total. The van der Waals surface area contributed by atoms with Crippen molar-refractivity contribution >= 4 is 5.91 Å². The van der Waals surface area contributed by atoms with Gasteiger partial charge < -0.3 is 11.1 Å². The summed E-state index contributed by atoms with van der Waals surface area (Å²) in [6, 6.07) is 0.473. The van der Waals surface area contributed by atoms with Gasteiger partial charge in [0.25, 0.3) is 0 Å². The lowest BCUT2D eigenvalue weighted by molar-refractivity contribution is -0.123. The number of amides is 1. The molecular weight excluding hydrogens is 152 g/mol. The van der Waals surface area contributed by atoms with E-state index in [1.807, 2.05) is 0 Å². The van der Waals surface area contributed by atoms with Crippen molar-refractivity contribution in [2.45, 2.75) is 50.1 Å². The Labute approximate surface area is 72.7 Å². The van der Waals surface area contributed by atoms with Gasteiger partial charge in [0.2, 0.25) is 5.91 Å². The van der Waals surface area contributed by atoms with E-state index in [9.17, 15) is 4.79 Å². The Morgan fingerprint density at radius 2 is 2.17 bits per heavy atom. The number of nitrogens with one attached hydrogen (secondary N) is 1. The lowest BCUT2D eigenvalue weighted by atomic mass is 9.75. The lowest BCUT2D eigenvalue weighted by Crippen LogP contribution is -2.50. The molecule has 0 spiro atoms. The Morgan fingerprint density at radius 3 is 2.58 bits per heavy atom. The quantitative estimate of drug-likeness (QED) is 0.646. The second-order valence-corrected chi connectivity index (χ2v) is 4.23. The van der Waals surface area contributed by atoms with Gasteiger partial charge >= 0.3 is 0 Å². The predicted octanol–water partition coefficient (Wildman–Crippen LogP) is 0.536. The minimum absolute atomic E-state index is 0.153. The van der Waals surface area contributed by atoms with E-state index in [1.165, 1.54) is 6.42 Å². The third-order valence-corrected chi connectivity index (χ3v) is 2.80. The second-order valence-electron chi connectivity index (χ2n) is 4.23. The van der Waals surface area contributed by atoms with Gasteiger partial charge in [0.1, 0.15) is 0 Å². The van der Waals surface area contributed by atoms with Crippen molar-refractivity contribution in [3.05, 3.63) is 0 Å². The van der Waals surface area contributed by atoms with Crippen molar-refractivity contribution in [1.29, 1.82) is 0 Å². The minimum atomic E-state index is -0.154. The van der Waals surface area contributed by atoms with Crippen molar-refractivity contribution in [1.82, 2.24) is 5.32 Å². The molecule has 0 aliphatic heterocycles. The van der Waals surface area contributed by atoms with Crippen LogP contribution in [0, 0.1) is 0 Å². The van der Waals surface area contributed by atoms with Gasteiger partial charge in [-0.15, -0.1) is 0 Å².